The van der Waals surface area contributed by atoms with Crippen molar-refractivity contribution in [2.75, 3.05) is 11.9 Å². The van der Waals surface area contributed by atoms with Gasteiger partial charge in [0.15, 0.2) is 0 Å². The second kappa shape index (κ2) is 8.58. The van der Waals surface area contributed by atoms with Gasteiger partial charge >= 0.3 is 0 Å². The van der Waals surface area contributed by atoms with Crippen LogP contribution in [0.1, 0.15) is 28.5 Å². The van der Waals surface area contributed by atoms with E-state index >= 15 is 0 Å². The Morgan fingerprint density at radius 3 is 2.68 bits per heavy atom. The molecule has 0 spiro atoms. The lowest BCUT2D eigenvalue weighted by Gasteiger charge is -2.14. The van der Waals surface area contributed by atoms with E-state index < -0.39 is 0 Å². The smallest absolute Gasteiger partial charge is 0.230 e. The molecule has 0 bridgehead atoms. The monoisotopic (exact) mass is 368 g/mol. The Morgan fingerprint density at radius 1 is 1.12 bits per heavy atom. The van der Waals surface area contributed by atoms with Crippen LogP contribution in [0.15, 0.2) is 59.3 Å². The van der Waals surface area contributed by atoms with Crippen LogP contribution in [0.25, 0.3) is 0 Å². The van der Waals surface area contributed by atoms with Gasteiger partial charge in [-0.05, 0) is 22.9 Å². The summed E-state index contributed by atoms with van der Waals surface area (Å²) in [6.07, 6.45) is 0.400. The van der Waals surface area contributed by atoms with Crippen LogP contribution in [-0.2, 0) is 4.79 Å². The summed E-state index contributed by atoms with van der Waals surface area (Å²) in [6, 6.07) is 18.5. The van der Waals surface area contributed by atoms with Crippen molar-refractivity contribution in [3.05, 3.63) is 75.3 Å². The van der Waals surface area contributed by atoms with Crippen molar-refractivity contribution in [3.8, 4) is 6.07 Å². The molecule has 0 saturated heterocycles. The molecule has 1 atom stereocenters. The first-order valence-electron chi connectivity index (χ1n) is 7.97. The molecule has 6 heteroatoms. The van der Waals surface area contributed by atoms with Gasteiger partial charge in [-0.2, -0.15) is 5.26 Å². The predicted molar refractivity (Wildman–Crippen MR) is 102 cm³/mol. The molecule has 0 aliphatic heterocycles. The number of amides is 1. The fraction of sp³-hybridized carbons (Fsp3) is 0.158. The van der Waals surface area contributed by atoms with Crippen LogP contribution in [0, 0.1) is 11.3 Å². The first-order valence-corrected chi connectivity index (χ1v) is 9.73. The first kappa shape index (κ1) is 17.4. The zero-order chi connectivity index (χ0) is 17.5. The SMILES string of the molecule is N#Cc1ccsc1NC(=O)CC[NH2+][C@@H](c1ccccc1)c1cccs1. The van der Waals surface area contributed by atoms with E-state index in [1.54, 1.807) is 17.4 Å². The highest BCUT2D eigenvalue weighted by molar-refractivity contribution is 7.14. The summed E-state index contributed by atoms with van der Waals surface area (Å²) in [6.45, 7) is 0.677. The third kappa shape index (κ3) is 4.54. The molecule has 3 aromatic rings. The number of benzene rings is 1. The second-order valence-electron chi connectivity index (χ2n) is 5.50. The maximum Gasteiger partial charge on any atom is 0.230 e. The molecule has 3 N–H and O–H groups in total. The minimum atomic E-state index is -0.0619. The Bertz CT molecular complexity index is 850. The maximum absolute atomic E-state index is 12.2. The number of rotatable bonds is 7. The molecule has 0 radical (unpaired) electrons. The molecule has 0 saturated carbocycles. The molecule has 2 heterocycles. The Hall–Kier alpha value is -2.46. The lowest BCUT2D eigenvalue weighted by molar-refractivity contribution is -0.685. The van der Waals surface area contributed by atoms with Crippen LogP contribution in [0.4, 0.5) is 5.00 Å². The molecule has 0 fully saturated rings. The van der Waals surface area contributed by atoms with E-state index in [2.05, 4.69) is 46.3 Å². The summed E-state index contributed by atoms with van der Waals surface area (Å²) in [4.78, 5) is 13.4. The van der Waals surface area contributed by atoms with E-state index in [4.69, 9.17) is 5.26 Å². The van der Waals surface area contributed by atoms with Gasteiger partial charge in [0.25, 0.3) is 0 Å². The number of nitrogens with zero attached hydrogens (tertiary/aromatic N) is 1. The number of nitrogens with two attached hydrogens (primary N) is 1. The van der Waals surface area contributed by atoms with Gasteiger partial charge in [-0.3, -0.25) is 4.79 Å². The minimum Gasteiger partial charge on any atom is -0.335 e. The molecule has 1 amide bonds. The molecule has 0 aliphatic carbocycles. The number of hydrogen-bond donors (Lipinski definition) is 2. The average molecular weight is 369 g/mol. The summed E-state index contributed by atoms with van der Waals surface area (Å²) in [5.41, 5.74) is 1.75. The molecule has 3 rings (SSSR count). The van der Waals surface area contributed by atoms with Crippen molar-refractivity contribution >= 4 is 33.6 Å². The number of carbonyl (C=O) groups is 1. The van der Waals surface area contributed by atoms with Crippen LogP contribution in [0.3, 0.4) is 0 Å². The van der Waals surface area contributed by atoms with Crippen LogP contribution in [0.5, 0.6) is 0 Å². The van der Waals surface area contributed by atoms with Crippen molar-refractivity contribution < 1.29 is 10.1 Å². The lowest BCUT2D eigenvalue weighted by atomic mass is 10.1. The summed E-state index contributed by atoms with van der Waals surface area (Å²) >= 11 is 3.10. The van der Waals surface area contributed by atoms with Gasteiger partial charge in [0.2, 0.25) is 5.91 Å². The molecule has 4 nitrogen and oxygen atoms in total. The van der Waals surface area contributed by atoms with Crippen molar-refractivity contribution in [3.63, 3.8) is 0 Å². The van der Waals surface area contributed by atoms with E-state index in [1.807, 2.05) is 23.6 Å². The predicted octanol–water partition coefficient (Wildman–Crippen LogP) is 3.36. The molecule has 126 valence electrons. The number of nitriles is 1. The van der Waals surface area contributed by atoms with E-state index in [9.17, 15) is 4.79 Å². The molecular formula is C19H18N3OS2+. The number of nitrogens with one attached hydrogen (secondary N) is 1. The van der Waals surface area contributed by atoms with Gasteiger partial charge in [-0.25, -0.2) is 0 Å². The van der Waals surface area contributed by atoms with Gasteiger partial charge in [-0.15, -0.1) is 22.7 Å². The van der Waals surface area contributed by atoms with Gasteiger partial charge < -0.3 is 10.6 Å². The number of carbonyl (C=O) groups excluding carboxylic acids is 1. The third-order valence-corrected chi connectivity index (χ3v) is 5.61. The van der Waals surface area contributed by atoms with E-state index in [0.29, 0.717) is 23.5 Å². The fourth-order valence-electron chi connectivity index (χ4n) is 2.61. The van der Waals surface area contributed by atoms with Gasteiger partial charge in [0, 0.05) is 5.56 Å². The summed E-state index contributed by atoms with van der Waals surface area (Å²) < 4.78 is 0. The van der Waals surface area contributed by atoms with Crippen LogP contribution in [-0.4, -0.2) is 12.5 Å². The lowest BCUT2D eigenvalue weighted by Crippen LogP contribution is -2.85. The highest BCUT2D eigenvalue weighted by Crippen LogP contribution is 2.23. The second-order valence-corrected chi connectivity index (χ2v) is 7.40. The van der Waals surface area contributed by atoms with E-state index in [0.717, 1.165) is 0 Å². The summed E-state index contributed by atoms with van der Waals surface area (Å²) in [5.74, 6) is -0.0619. The minimum absolute atomic E-state index is 0.0619. The molecule has 2 aromatic heterocycles. The van der Waals surface area contributed by atoms with Gasteiger partial charge in [0.1, 0.15) is 17.1 Å². The van der Waals surface area contributed by atoms with Crippen LogP contribution in [0.2, 0.25) is 0 Å². The number of thiophene rings is 2. The van der Waals surface area contributed by atoms with Crippen LogP contribution < -0.4 is 10.6 Å². The third-order valence-electron chi connectivity index (χ3n) is 3.82. The molecule has 1 aromatic carbocycles. The Labute approximate surface area is 154 Å². The average Bonchev–Trinajstić information content (AvgIpc) is 3.31. The zero-order valence-corrected chi connectivity index (χ0v) is 15.1. The van der Waals surface area contributed by atoms with Gasteiger partial charge in [0.05, 0.1) is 23.4 Å². The molecule has 25 heavy (non-hydrogen) atoms. The summed E-state index contributed by atoms with van der Waals surface area (Å²) in [5, 5.41) is 18.5. The van der Waals surface area contributed by atoms with Crippen LogP contribution >= 0.6 is 22.7 Å². The van der Waals surface area contributed by atoms with E-state index in [-0.39, 0.29) is 11.9 Å². The maximum atomic E-state index is 12.2. The highest BCUT2D eigenvalue weighted by Gasteiger charge is 2.18. The quantitative estimate of drug-likeness (QED) is 0.671. The standard InChI is InChI=1S/C19H17N3OS2/c20-13-15-9-12-25-19(15)22-17(23)8-10-21-18(16-7-4-11-24-16)14-5-2-1-3-6-14/h1-7,9,11-12,18,21H,8,10H2,(H,22,23)/p+1/t18-/m0/s1. The topological polar surface area (TPSA) is 69.5 Å². The normalized spacial score (nSPS) is 11.6. The van der Waals surface area contributed by atoms with Crippen molar-refractivity contribution in [2.24, 2.45) is 0 Å². The number of hydrogen-bond acceptors (Lipinski definition) is 4. The Balaban J connectivity index is 1.59. The van der Waals surface area contributed by atoms with Gasteiger partial charge in [-0.1, -0.05) is 36.4 Å². The first-order chi connectivity index (χ1) is 12.3. The molecular weight excluding hydrogens is 350 g/mol. The van der Waals surface area contributed by atoms with Crippen molar-refractivity contribution in [1.29, 1.82) is 5.26 Å². The fourth-order valence-corrected chi connectivity index (χ4v) is 4.21. The largest absolute Gasteiger partial charge is 0.335 e. The highest BCUT2D eigenvalue weighted by atomic mass is 32.1. The Kier molecular flexibility index (Phi) is 5.96. The molecule has 0 unspecified atom stereocenters. The van der Waals surface area contributed by atoms with Crippen molar-refractivity contribution in [2.45, 2.75) is 12.5 Å². The number of anilines is 1. The Morgan fingerprint density at radius 2 is 1.96 bits per heavy atom. The summed E-state index contributed by atoms with van der Waals surface area (Å²) in [7, 11) is 0. The van der Waals surface area contributed by atoms with Crippen molar-refractivity contribution in [1.82, 2.24) is 0 Å². The zero-order valence-electron chi connectivity index (χ0n) is 13.5. The molecule has 0 aliphatic rings. The number of quaternary nitrogens is 1. The van der Waals surface area contributed by atoms with E-state index in [1.165, 1.54) is 21.8 Å².